The molecule has 0 spiro atoms. The van der Waals surface area contributed by atoms with Gasteiger partial charge in [0.2, 0.25) is 5.89 Å². The van der Waals surface area contributed by atoms with Crippen LogP contribution in [0.4, 0.5) is 11.4 Å². The molecule has 34 heavy (non-hydrogen) atoms. The molecule has 2 aromatic carbocycles. The number of nitrogens with zero attached hydrogens (tertiary/aromatic N) is 3. The van der Waals surface area contributed by atoms with Gasteiger partial charge in [0.15, 0.2) is 5.82 Å². The van der Waals surface area contributed by atoms with E-state index in [0.717, 1.165) is 18.9 Å². The van der Waals surface area contributed by atoms with Gasteiger partial charge in [0.05, 0.1) is 9.82 Å². The molecule has 1 aromatic heterocycles. The molecule has 0 radical (unpaired) electrons. The standard InChI is InChI=1S/C22H23N5O6S/c1-13(2)19(22-24-20(25-33-22)14-6-7-14)23-21(28)15-8-10-16(11-9-15)26-34(31,32)18-5-3-4-17(12-18)27(29)30/h3-5,8-14,19,26H,6-7H2,1-2H3,(H,23,28). The number of nitro benzene ring substituents is 1. The first kappa shape index (κ1) is 23.4. The molecule has 1 heterocycles. The molecule has 11 nitrogen and oxygen atoms in total. The van der Waals surface area contributed by atoms with Crippen LogP contribution in [0, 0.1) is 16.0 Å². The SMILES string of the molecule is CC(C)C(NC(=O)c1ccc(NS(=O)(=O)c2cccc([N+](=O)[O-])c2)cc1)c1nc(C2CC2)no1. The van der Waals surface area contributed by atoms with E-state index in [1.165, 1.54) is 42.5 Å². The quantitative estimate of drug-likeness (QED) is 0.342. The first-order valence-corrected chi connectivity index (χ1v) is 12.1. The van der Waals surface area contributed by atoms with Gasteiger partial charge in [0.1, 0.15) is 6.04 Å². The summed E-state index contributed by atoms with van der Waals surface area (Å²) in [5, 5.41) is 17.8. The van der Waals surface area contributed by atoms with E-state index in [1.54, 1.807) is 0 Å². The van der Waals surface area contributed by atoms with E-state index >= 15 is 0 Å². The molecule has 1 amide bonds. The van der Waals surface area contributed by atoms with Crippen LogP contribution in [-0.4, -0.2) is 29.4 Å². The number of hydrogen-bond donors (Lipinski definition) is 2. The Labute approximate surface area is 195 Å². The molecule has 1 unspecified atom stereocenters. The van der Waals surface area contributed by atoms with Gasteiger partial charge in [-0.15, -0.1) is 0 Å². The van der Waals surface area contributed by atoms with Gasteiger partial charge in [-0.05, 0) is 49.1 Å². The van der Waals surface area contributed by atoms with Crippen LogP contribution in [0.15, 0.2) is 57.9 Å². The summed E-state index contributed by atoms with van der Waals surface area (Å²) in [6.07, 6.45) is 2.07. The van der Waals surface area contributed by atoms with Gasteiger partial charge in [0.25, 0.3) is 21.6 Å². The fourth-order valence-corrected chi connectivity index (χ4v) is 4.38. The molecule has 0 aliphatic heterocycles. The molecule has 178 valence electrons. The molecule has 0 bridgehead atoms. The lowest BCUT2D eigenvalue weighted by atomic mass is 10.0. The van der Waals surface area contributed by atoms with Crippen LogP contribution < -0.4 is 10.0 Å². The third kappa shape index (κ3) is 5.22. The summed E-state index contributed by atoms with van der Waals surface area (Å²) in [6.45, 7) is 3.86. The minimum absolute atomic E-state index is 0.00235. The summed E-state index contributed by atoms with van der Waals surface area (Å²) in [5.41, 5.74) is 0.181. The van der Waals surface area contributed by atoms with Gasteiger partial charge < -0.3 is 9.84 Å². The second-order valence-electron chi connectivity index (χ2n) is 8.40. The van der Waals surface area contributed by atoms with Gasteiger partial charge >= 0.3 is 0 Å². The van der Waals surface area contributed by atoms with E-state index in [-0.39, 0.29) is 28.1 Å². The smallest absolute Gasteiger partial charge is 0.270 e. The first-order valence-electron chi connectivity index (χ1n) is 10.7. The highest BCUT2D eigenvalue weighted by Crippen LogP contribution is 2.38. The summed E-state index contributed by atoms with van der Waals surface area (Å²) in [6, 6.07) is 10.1. The molecule has 3 aromatic rings. The fourth-order valence-electron chi connectivity index (χ4n) is 3.29. The number of anilines is 1. The van der Waals surface area contributed by atoms with Crippen LogP contribution in [0.1, 0.15) is 60.7 Å². The summed E-state index contributed by atoms with van der Waals surface area (Å²) in [5.74, 6) is 0.969. The molecule has 1 fully saturated rings. The molecule has 1 saturated carbocycles. The summed E-state index contributed by atoms with van der Waals surface area (Å²) < 4.78 is 32.9. The zero-order valence-electron chi connectivity index (χ0n) is 18.5. The lowest BCUT2D eigenvalue weighted by molar-refractivity contribution is -0.385. The monoisotopic (exact) mass is 485 g/mol. The van der Waals surface area contributed by atoms with Crippen LogP contribution in [0.2, 0.25) is 0 Å². The molecule has 2 N–H and O–H groups in total. The highest BCUT2D eigenvalue weighted by atomic mass is 32.2. The van der Waals surface area contributed by atoms with Crippen molar-refractivity contribution >= 4 is 27.3 Å². The Morgan fingerprint density at radius 1 is 1.18 bits per heavy atom. The van der Waals surface area contributed by atoms with Gasteiger partial charge in [-0.2, -0.15) is 4.98 Å². The second kappa shape index (κ2) is 9.21. The maximum atomic E-state index is 12.8. The number of nitro groups is 1. The first-order chi connectivity index (χ1) is 16.1. The van der Waals surface area contributed by atoms with Crippen molar-refractivity contribution in [2.24, 2.45) is 5.92 Å². The van der Waals surface area contributed by atoms with Crippen molar-refractivity contribution in [3.8, 4) is 0 Å². The highest BCUT2D eigenvalue weighted by Gasteiger charge is 2.31. The second-order valence-corrected chi connectivity index (χ2v) is 10.1. The molecular formula is C22H23N5O6S. The van der Waals surface area contributed by atoms with Crippen molar-refractivity contribution in [2.75, 3.05) is 4.72 Å². The molecular weight excluding hydrogens is 462 g/mol. The summed E-state index contributed by atoms with van der Waals surface area (Å²) >= 11 is 0. The van der Waals surface area contributed by atoms with Crippen LogP contribution in [0.3, 0.4) is 0 Å². The Morgan fingerprint density at radius 3 is 2.50 bits per heavy atom. The van der Waals surface area contributed by atoms with Crippen molar-refractivity contribution in [1.29, 1.82) is 0 Å². The Morgan fingerprint density at radius 2 is 1.88 bits per heavy atom. The van der Waals surface area contributed by atoms with E-state index in [2.05, 4.69) is 20.2 Å². The van der Waals surface area contributed by atoms with E-state index < -0.39 is 21.0 Å². The van der Waals surface area contributed by atoms with Crippen LogP contribution in [-0.2, 0) is 10.0 Å². The van der Waals surface area contributed by atoms with E-state index in [0.29, 0.717) is 23.2 Å². The van der Waals surface area contributed by atoms with Gasteiger partial charge in [-0.3, -0.25) is 19.6 Å². The number of carbonyl (C=O) groups excluding carboxylic acids is 1. The predicted molar refractivity (Wildman–Crippen MR) is 122 cm³/mol. The topological polar surface area (TPSA) is 157 Å². The predicted octanol–water partition coefficient (Wildman–Crippen LogP) is 3.78. The molecule has 0 saturated heterocycles. The van der Waals surface area contributed by atoms with Crippen molar-refractivity contribution in [3.63, 3.8) is 0 Å². The van der Waals surface area contributed by atoms with Crippen LogP contribution in [0.25, 0.3) is 0 Å². The summed E-state index contributed by atoms with van der Waals surface area (Å²) in [4.78, 5) is 27.2. The number of benzene rings is 2. The average Bonchev–Trinajstić information content (AvgIpc) is 3.54. The molecule has 1 aliphatic carbocycles. The van der Waals surface area contributed by atoms with Gasteiger partial charge in [0, 0.05) is 29.3 Å². The Kier molecular flexibility index (Phi) is 6.33. The van der Waals surface area contributed by atoms with E-state index in [4.69, 9.17) is 4.52 Å². The maximum Gasteiger partial charge on any atom is 0.270 e. The number of amides is 1. The lowest BCUT2D eigenvalue weighted by Gasteiger charge is -2.18. The van der Waals surface area contributed by atoms with Crippen molar-refractivity contribution in [1.82, 2.24) is 15.5 Å². The maximum absolute atomic E-state index is 12.8. The van der Waals surface area contributed by atoms with Crippen molar-refractivity contribution < 1.29 is 22.7 Å². The number of hydrogen-bond acceptors (Lipinski definition) is 8. The van der Waals surface area contributed by atoms with Crippen molar-refractivity contribution in [2.45, 2.75) is 43.5 Å². The fraction of sp³-hybridized carbons (Fsp3) is 0.318. The normalized spacial score (nSPS) is 14.6. The number of sulfonamides is 1. The molecule has 4 rings (SSSR count). The Bertz CT molecular complexity index is 1320. The lowest BCUT2D eigenvalue weighted by Crippen LogP contribution is -2.32. The average molecular weight is 486 g/mol. The van der Waals surface area contributed by atoms with Crippen LogP contribution >= 0.6 is 0 Å². The molecule has 1 atom stereocenters. The molecule has 12 heteroatoms. The van der Waals surface area contributed by atoms with Gasteiger partial charge in [-0.25, -0.2) is 8.42 Å². The molecule has 1 aliphatic rings. The highest BCUT2D eigenvalue weighted by molar-refractivity contribution is 7.92. The largest absolute Gasteiger partial charge is 0.340 e. The Balaban J connectivity index is 1.45. The minimum Gasteiger partial charge on any atom is -0.340 e. The van der Waals surface area contributed by atoms with E-state index in [1.807, 2.05) is 13.8 Å². The minimum atomic E-state index is -4.05. The zero-order valence-corrected chi connectivity index (χ0v) is 19.3. The Hall–Kier alpha value is -3.80. The number of nitrogens with one attached hydrogen (secondary N) is 2. The number of non-ortho nitro benzene ring substituents is 1. The van der Waals surface area contributed by atoms with Crippen LogP contribution in [0.5, 0.6) is 0 Å². The number of rotatable bonds is 9. The third-order valence-electron chi connectivity index (χ3n) is 5.36. The van der Waals surface area contributed by atoms with E-state index in [9.17, 15) is 23.3 Å². The number of carbonyl (C=O) groups is 1. The third-order valence-corrected chi connectivity index (χ3v) is 6.74. The summed E-state index contributed by atoms with van der Waals surface area (Å²) in [7, 11) is -4.05. The van der Waals surface area contributed by atoms with Crippen molar-refractivity contribution in [3.05, 3.63) is 75.9 Å². The zero-order chi connectivity index (χ0) is 24.5. The van der Waals surface area contributed by atoms with Gasteiger partial charge in [-0.1, -0.05) is 25.1 Å². The number of aromatic nitrogens is 2.